The van der Waals surface area contributed by atoms with Gasteiger partial charge in [0, 0.05) is 37.7 Å². The zero-order chi connectivity index (χ0) is 25.4. The Morgan fingerprint density at radius 3 is 1.76 bits per heavy atom. The van der Waals surface area contributed by atoms with Gasteiger partial charge in [0.2, 0.25) is 5.91 Å². The molecule has 0 unspecified atom stereocenters. The monoisotopic (exact) mass is 508 g/mol. The lowest BCUT2D eigenvalue weighted by molar-refractivity contribution is -0.124. The maximum absolute atomic E-state index is 11.9. The van der Waals surface area contributed by atoms with Crippen LogP contribution < -0.4 is 5.32 Å². The van der Waals surface area contributed by atoms with Gasteiger partial charge in [-0.3, -0.25) is 4.79 Å². The summed E-state index contributed by atoms with van der Waals surface area (Å²) in [5, 5.41) is 3.06. The Hall–Kier alpha value is -1.40. The predicted molar refractivity (Wildman–Crippen MR) is 132 cm³/mol. The molecule has 1 rings (SSSR count). The summed E-state index contributed by atoms with van der Waals surface area (Å²) in [7, 11) is 0. The van der Waals surface area contributed by atoms with Crippen molar-refractivity contribution in [2.75, 3.05) is 79.1 Å². The summed E-state index contributed by atoms with van der Waals surface area (Å²) in [4.78, 5) is 35.7. The van der Waals surface area contributed by atoms with Gasteiger partial charge in [-0.05, 0) is 19.8 Å². The van der Waals surface area contributed by atoms with Crippen LogP contribution in [0, 0.1) is 0 Å². The van der Waals surface area contributed by atoms with Gasteiger partial charge >= 0.3 is 6.09 Å². The molecule has 0 spiro atoms. The number of ether oxygens (including phenoxy) is 5. The van der Waals surface area contributed by atoms with E-state index in [2.05, 4.69) is 17.9 Å². The third kappa shape index (κ3) is 20.0. The lowest BCUT2D eigenvalue weighted by atomic mass is 10.1. The number of likely N-dealkylation sites (tertiary alicyclic amines) is 1. The summed E-state index contributed by atoms with van der Waals surface area (Å²) in [6.07, 6.45) is 1.98. The lowest BCUT2D eigenvalue weighted by Crippen LogP contribution is -2.39. The van der Waals surface area contributed by atoms with Crippen molar-refractivity contribution < 1.29 is 38.1 Å². The van der Waals surface area contributed by atoms with Gasteiger partial charge in [-0.15, -0.1) is 0 Å². The minimum atomic E-state index is -0.291. The molecule has 2 amide bonds. The number of hydrogen-bond acceptors (Lipinski definition) is 9. The van der Waals surface area contributed by atoms with Crippen molar-refractivity contribution >= 4 is 30.4 Å². The average molecular weight is 509 g/mol. The van der Waals surface area contributed by atoms with Crippen LogP contribution in [-0.4, -0.2) is 107 Å². The standard InChI is InChI=1S/C21H38N2O8S.C2H6/c1-18(24)2-3-20(25)22-6-9-27-10-11-28-12-13-29-14-15-30-16-17-31-21(26)23-7-4-19(32)5-8-23;1-2/h19,32H,2-17H2,1H3,(H,22,25);1-2H3. The molecule has 1 fully saturated rings. The Bertz CT molecular complexity index is 531. The molecular weight excluding hydrogens is 464 g/mol. The normalized spacial score (nSPS) is 13.7. The largest absolute Gasteiger partial charge is 0.447 e. The highest BCUT2D eigenvalue weighted by molar-refractivity contribution is 7.80. The molecule has 1 N–H and O–H groups in total. The van der Waals surface area contributed by atoms with Gasteiger partial charge in [0.1, 0.15) is 12.4 Å². The number of rotatable bonds is 18. The van der Waals surface area contributed by atoms with Gasteiger partial charge in [0.15, 0.2) is 0 Å². The number of ketones is 1. The molecule has 0 aromatic heterocycles. The lowest BCUT2D eigenvalue weighted by Gasteiger charge is -2.28. The molecule has 0 aliphatic carbocycles. The summed E-state index contributed by atoms with van der Waals surface area (Å²) >= 11 is 4.41. The van der Waals surface area contributed by atoms with Crippen molar-refractivity contribution in [2.24, 2.45) is 0 Å². The third-order valence-corrected chi connectivity index (χ3v) is 5.08. The van der Waals surface area contributed by atoms with Crippen LogP contribution in [0.15, 0.2) is 0 Å². The van der Waals surface area contributed by atoms with E-state index >= 15 is 0 Å². The van der Waals surface area contributed by atoms with Crippen LogP contribution in [0.25, 0.3) is 0 Å². The van der Waals surface area contributed by atoms with Crippen LogP contribution in [0.2, 0.25) is 0 Å². The van der Waals surface area contributed by atoms with Crippen LogP contribution in [-0.2, 0) is 33.3 Å². The van der Waals surface area contributed by atoms with Gasteiger partial charge in [0.05, 0.1) is 52.9 Å². The molecule has 34 heavy (non-hydrogen) atoms. The molecule has 0 bridgehead atoms. The summed E-state index contributed by atoms with van der Waals surface area (Å²) in [6.45, 7) is 10.8. The maximum atomic E-state index is 11.9. The van der Waals surface area contributed by atoms with Crippen molar-refractivity contribution in [3.05, 3.63) is 0 Å². The molecule has 0 aromatic rings. The van der Waals surface area contributed by atoms with Crippen molar-refractivity contribution in [3.8, 4) is 0 Å². The van der Waals surface area contributed by atoms with Crippen LogP contribution in [0.1, 0.15) is 46.5 Å². The van der Waals surface area contributed by atoms with Crippen LogP contribution in [0.4, 0.5) is 4.79 Å². The predicted octanol–water partition coefficient (Wildman–Crippen LogP) is 2.10. The molecular formula is C23H44N2O8S. The number of nitrogens with one attached hydrogen (secondary N) is 1. The molecule has 10 nitrogen and oxygen atoms in total. The molecule has 1 aliphatic rings. The fourth-order valence-corrected chi connectivity index (χ4v) is 2.96. The smallest absolute Gasteiger partial charge is 0.409 e. The number of piperidine rings is 1. The van der Waals surface area contributed by atoms with Crippen LogP contribution in [0.3, 0.4) is 0 Å². The molecule has 200 valence electrons. The quantitative estimate of drug-likeness (QED) is 0.214. The Morgan fingerprint density at radius 1 is 0.794 bits per heavy atom. The number of hydrogen-bond donors (Lipinski definition) is 2. The third-order valence-electron chi connectivity index (χ3n) is 4.56. The minimum Gasteiger partial charge on any atom is -0.447 e. The fourth-order valence-electron chi connectivity index (χ4n) is 2.73. The first-order valence-electron chi connectivity index (χ1n) is 12.2. The summed E-state index contributed by atoms with van der Waals surface area (Å²) in [6, 6.07) is 0. The van der Waals surface area contributed by atoms with Crippen LogP contribution >= 0.6 is 12.6 Å². The van der Waals surface area contributed by atoms with Gasteiger partial charge < -0.3 is 38.7 Å². The number of amides is 2. The maximum Gasteiger partial charge on any atom is 0.409 e. The Balaban J connectivity index is 0.00000529. The zero-order valence-corrected chi connectivity index (χ0v) is 21.9. The second-order valence-corrected chi connectivity index (χ2v) is 8.06. The highest BCUT2D eigenvalue weighted by atomic mass is 32.1. The van der Waals surface area contributed by atoms with Crippen molar-refractivity contribution in [2.45, 2.75) is 51.7 Å². The second kappa shape index (κ2) is 23.3. The molecule has 1 saturated heterocycles. The minimum absolute atomic E-state index is 0.00344. The average Bonchev–Trinajstić information content (AvgIpc) is 2.84. The van der Waals surface area contributed by atoms with E-state index in [0.717, 1.165) is 12.8 Å². The number of thiol groups is 1. The first-order valence-corrected chi connectivity index (χ1v) is 12.7. The number of nitrogens with zero attached hydrogens (tertiary/aromatic N) is 1. The molecule has 11 heteroatoms. The number of carbonyl (C=O) groups excluding carboxylic acids is 3. The van der Waals surface area contributed by atoms with E-state index in [0.29, 0.717) is 77.7 Å². The van der Waals surface area contributed by atoms with Crippen LogP contribution in [0.5, 0.6) is 0 Å². The molecule has 0 radical (unpaired) electrons. The van der Waals surface area contributed by atoms with E-state index in [4.69, 9.17) is 23.7 Å². The van der Waals surface area contributed by atoms with Gasteiger partial charge in [-0.1, -0.05) is 13.8 Å². The SMILES string of the molecule is CC.CC(=O)CCC(=O)NCCOCCOCCOCCOCCOC(=O)N1CCC(S)CC1. The molecule has 0 aromatic carbocycles. The summed E-state index contributed by atoms with van der Waals surface area (Å²) in [5.74, 6) is -0.143. The van der Waals surface area contributed by atoms with E-state index in [1.54, 1.807) is 4.90 Å². The van der Waals surface area contributed by atoms with Crippen molar-refractivity contribution in [3.63, 3.8) is 0 Å². The molecule has 0 saturated carbocycles. The van der Waals surface area contributed by atoms with E-state index in [9.17, 15) is 14.4 Å². The molecule has 0 atom stereocenters. The topological polar surface area (TPSA) is 113 Å². The fraction of sp³-hybridized carbons (Fsp3) is 0.870. The number of carbonyl (C=O) groups is 3. The first kappa shape index (κ1) is 32.6. The summed E-state index contributed by atoms with van der Waals surface area (Å²) < 4.78 is 26.7. The van der Waals surface area contributed by atoms with E-state index in [1.165, 1.54) is 6.92 Å². The van der Waals surface area contributed by atoms with E-state index in [1.807, 2.05) is 13.8 Å². The number of Topliss-reactive ketones (excluding diaryl/α,β-unsaturated/α-hetero) is 1. The highest BCUT2D eigenvalue weighted by Gasteiger charge is 2.21. The highest BCUT2D eigenvalue weighted by Crippen LogP contribution is 2.15. The summed E-state index contributed by atoms with van der Waals surface area (Å²) in [5.41, 5.74) is 0. The first-order chi connectivity index (χ1) is 16.5. The van der Waals surface area contributed by atoms with Crippen molar-refractivity contribution in [1.82, 2.24) is 10.2 Å². The molecule has 1 heterocycles. The Labute approximate surface area is 209 Å². The van der Waals surface area contributed by atoms with Gasteiger partial charge in [0.25, 0.3) is 0 Å². The zero-order valence-electron chi connectivity index (χ0n) is 21.1. The van der Waals surface area contributed by atoms with Gasteiger partial charge in [-0.25, -0.2) is 4.79 Å². The Kier molecular flexibility index (Phi) is 22.4. The van der Waals surface area contributed by atoms with Crippen molar-refractivity contribution in [1.29, 1.82) is 0 Å². The van der Waals surface area contributed by atoms with Gasteiger partial charge in [-0.2, -0.15) is 12.6 Å². The van der Waals surface area contributed by atoms with E-state index in [-0.39, 0.29) is 37.2 Å². The Morgan fingerprint density at radius 2 is 1.26 bits per heavy atom. The van der Waals surface area contributed by atoms with E-state index < -0.39 is 0 Å². The second-order valence-electron chi connectivity index (χ2n) is 7.33. The molecule has 1 aliphatic heterocycles.